The molecule has 144 valence electrons. The van der Waals surface area contributed by atoms with E-state index < -0.39 is 0 Å². The highest BCUT2D eigenvalue weighted by atomic mass is 16.5. The fourth-order valence-corrected chi connectivity index (χ4v) is 3.79. The number of aryl methyl sites for hydroxylation is 1. The third kappa shape index (κ3) is 4.04. The van der Waals surface area contributed by atoms with Crippen LogP contribution in [-0.4, -0.2) is 60.4 Å². The van der Waals surface area contributed by atoms with Crippen LogP contribution in [0.25, 0.3) is 0 Å². The number of nitrogens with zero attached hydrogens (tertiary/aromatic N) is 5. The Bertz CT molecular complexity index is 791. The molecule has 4 heterocycles. The predicted octanol–water partition coefficient (Wildman–Crippen LogP) is 2.20. The number of hydrogen-bond acceptors (Lipinski definition) is 7. The summed E-state index contributed by atoms with van der Waals surface area (Å²) in [5.74, 6) is 1.87. The van der Waals surface area contributed by atoms with Gasteiger partial charge in [0.05, 0.1) is 31.5 Å². The first-order chi connectivity index (χ1) is 13.0. The molecule has 7 heteroatoms. The van der Waals surface area contributed by atoms with Crippen LogP contribution in [0.3, 0.4) is 0 Å². The van der Waals surface area contributed by atoms with Crippen LogP contribution in [0.4, 0.5) is 11.6 Å². The Hall–Kier alpha value is -2.25. The smallest absolute Gasteiger partial charge is 0.134 e. The van der Waals surface area contributed by atoms with Gasteiger partial charge in [-0.15, -0.1) is 0 Å². The molecule has 1 spiro atoms. The quantitative estimate of drug-likeness (QED) is 0.800. The van der Waals surface area contributed by atoms with Crippen molar-refractivity contribution >= 4 is 11.6 Å². The summed E-state index contributed by atoms with van der Waals surface area (Å²) in [4.78, 5) is 17.5. The minimum Gasteiger partial charge on any atom is -0.372 e. The van der Waals surface area contributed by atoms with Gasteiger partial charge in [-0.2, -0.15) is 0 Å². The van der Waals surface area contributed by atoms with Crippen molar-refractivity contribution in [1.29, 1.82) is 0 Å². The maximum absolute atomic E-state index is 6.15. The molecular weight excluding hydrogens is 342 g/mol. The summed E-state index contributed by atoms with van der Waals surface area (Å²) >= 11 is 0. The topological polar surface area (TPSA) is 63.6 Å². The minimum atomic E-state index is -0.119. The molecule has 0 radical (unpaired) electrons. The average Bonchev–Trinajstić information content (AvgIpc) is 2.65. The molecule has 0 saturated carbocycles. The second-order valence-electron chi connectivity index (χ2n) is 7.71. The maximum Gasteiger partial charge on any atom is 0.134 e. The lowest BCUT2D eigenvalue weighted by molar-refractivity contribution is -0.148. The molecule has 1 atom stereocenters. The zero-order valence-corrected chi connectivity index (χ0v) is 16.3. The van der Waals surface area contributed by atoms with Gasteiger partial charge >= 0.3 is 0 Å². The van der Waals surface area contributed by atoms with E-state index in [1.807, 2.05) is 50.2 Å². The zero-order valence-electron chi connectivity index (χ0n) is 16.3. The van der Waals surface area contributed by atoms with E-state index in [-0.39, 0.29) is 11.7 Å². The molecule has 0 unspecified atom stereocenters. The molecule has 2 aliphatic rings. The van der Waals surface area contributed by atoms with Crippen molar-refractivity contribution in [2.24, 2.45) is 0 Å². The third-order valence-electron chi connectivity index (χ3n) is 5.24. The molecule has 4 rings (SSSR count). The largest absolute Gasteiger partial charge is 0.372 e. The second kappa shape index (κ2) is 7.40. The van der Waals surface area contributed by atoms with Crippen molar-refractivity contribution in [3.63, 3.8) is 0 Å². The standard InChI is InChI=1S/C20H27N5O2/c1-15-5-4-6-16(23-15)11-26-17-7-8-27-20(10-17)12-25(13-20)19-9-18(24(2)3)21-14-22-19/h4-6,9,14,17H,7-8,10-13H2,1-3H3/t17-/m0/s1. The van der Waals surface area contributed by atoms with Gasteiger partial charge in [0.2, 0.25) is 0 Å². The SMILES string of the molecule is Cc1cccc(CO[C@H]2CCOC3(C2)CN(c2cc(N(C)C)ncn2)C3)n1. The molecule has 0 aliphatic carbocycles. The second-order valence-corrected chi connectivity index (χ2v) is 7.71. The lowest BCUT2D eigenvalue weighted by atomic mass is 9.84. The van der Waals surface area contributed by atoms with Crippen LogP contribution in [0.2, 0.25) is 0 Å². The molecule has 2 aliphatic heterocycles. The van der Waals surface area contributed by atoms with E-state index in [0.717, 1.165) is 55.6 Å². The summed E-state index contributed by atoms with van der Waals surface area (Å²) in [6.45, 7) is 5.00. The van der Waals surface area contributed by atoms with E-state index in [1.54, 1.807) is 6.33 Å². The van der Waals surface area contributed by atoms with Gasteiger partial charge in [-0.1, -0.05) is 6.07 Å². The van der Waals surface area contributed by atoms with Crippen molar-refractivity contribution in [2.45, 2.75) is 38.1 Å². The summed E-state index contributed by atoms with van der Waals surface area (Å²) in [5.41, 5.74) is 1.89. The fraction of sp³-hybridized carbons (Fsp3) is 0.550. The normalized spacial score (nSPS) is 21.1. The Kier molecular flexibility index (Phi) is 4.97. The van der Waals surface area contributed by atoms with Crippen LogP contribution in [0.15, 0.2) is 30.6 Å². The first-order valence-electron chi connectivity index (χ1n) is 9.45. The third-order valence-corrected chi connectivity index (χ3v) is 5.24. The molecule has 0 aromatic carbocycles. The highest BCUT2D eigenvalue weighted by molar-refractivity contribution is 5.52. The van der Waals surface area contributed by atoms with Gasteiger partial charge in [-0.25, -0.2) is 9.97 Å². The van der Waals surface area contributed by atoms with Crippen LogP contribution < -0.4 is 9.80 Å². The van der Waals surface area contributed by atoms with Gasteiger partial charge in [0.1, 0.15) is 23.6 Å². The van der Waals surface area contributed by atoms with Gasteiger partial charge in [-0.05, 0) is 25.5 Å². The van der Waals surface area contributed by atoms with Gasteiger partial charge in [0.25, 0.3) is 0 Å². The molecule has 0 N–H and O–H groups in total. The van der Waals surface area contributed by atoms with Crippen LogP contribution >= 0.6 is 0 Å². The molecule has 2 fully saturated rings. The van der Waals surface area contributed by atoms with Crippen LogP contribution in [-0.2, 0) is 16.1 Å². The van der Waals surface area contributed by atoms with E-state index in [1.165, 1.54) is 0 Å². The van der Waals surface area contributed by atoms with Crippen molar-refractivity contribution in [1.82, 2.24) is 15.0 Å². The van der Waals surface area contributed by atoms with Gasteiger partial charge < -0.3 is 19.3 Å². The first kappa shape index (κ1) is 18.1. The zero-order chi connectivity index (χ0) is 18.9. The van der Waals surface area contributed by atoms with Crippen LogP contribution in [0.5, 0.6) is 0 Å². The van der Waals surface area contributed by atoms with Crippen molar-refractivity contribution in [3.05, 3.63) is 42.0 Å². The van der Waals surface area contributed by atoms with Crippen molar-refractivity contribution in [2.75, 3.05) is 43.6 Å². The number of ether oxygens (including phenoxy) is 2. The van der Waals surface area contributed by atoms with E-state index in [2.05, 4.69) is 19.9 Å². The Morgan fingerprint density at radius 1 is 1.30 bits per heavy atom. The van der Waals surface area contributed by atoms with E-state index in [9.17, 15) is 0 Å². The Morgan fingerprint density at radius 3 is 2.93 bits per heavy atom. The van der Waals surface area contributed by atoms with Gasteiger partial charge in [0, 0.05) is 38.9 Å². The van der Waals surface area contributed by atoms with E-state index >= 15 is 0 Å². The molecule has 27 heavy (non-hydrogen) atoms. The minimum absolute atomic E-state index is 0.119. The van der Waals surface area contributed by atoms with E-state index in [4.69, 9.17) is 9.47 Å². The highest BCUT2D eigenvalue weighted by Gasteiger charge is 2.48. The summed E-state index contributed by atoms with van der Waals surface area (Å²) < 4.78 is 12.3. The highest BCUT2D eigenvalue weighted by Crippen LogP contribution is 2.37. The maximum atomic E-state index is 6.15. The molecule has 2 aromatic rings. The van der Waals surface area contributed by atoms with Crippen molar-refractivity contribution < 1.29 is 9.47 Å². The number of hydrogen-bond donors (Lipinski definition) is 0. The Labute approximate surface area is 160 Å². The molecule has 2 saturated heterocycles. The fourth-order valence-electron chi connectivity index (χ4n) is 3.79. The lowest BCUT2D eigenvalue weighted by Gasteiger charge is -2.53. The number of pyridine rings is 1. The Balaban J connectivity index is 1.33. The predicted molar refractivity (Wildman–Crippen MR) is 104 cm³/mol. The summed E-state index contributed by atoms with van der Waals surface area (Å²) in [7, 11) is 3.97. The molecule has 0 bridgehead atoms. The average molecular weight is 369 g/mol. The summed E-state index contributed by atoms with van der Waals surface area (Å²) in [6.07, 6.45) is 3.69. The monoisotopic (exact) mass is 369 g/mol. The molecule has 2 aromatic heterocycles. The molecular formula is C20H27N5O2. The van der Waals surface area contributed by atoms with Crippen LogP contribution in [0.1, 0.15) is 24.2 Å². The number of anilines is 2. The summed E-state index contributed by atoms with van der Waals surface area (Å²) in [6, 6.07) is 8.07. The number of rotatable bonds is 5. The van der Waals surface area contributed by atoms with Gasteiger partial charge in [-0.3, -0.25) is 4.98 Å². The molecule has 7 nitrogen and oxygen atoms in total. The summed E-state index contributed by atoms with van der Waals surface area (Å²) in [5, 5.41) is 0. The first-order valence-corrected chi connectivity index (χ1v) is 9.45. The van der Waals surface area contributed by atoms with Crippen LogP contribution in [0, 0.1) is 6.92 Å². The van der Waals surface area contributed by atoms with E-state index in [0.29, 0.717) is 6.61 Å². The van der Waals surface area contributed by atoms with Gasteiger partial charge in [0.15, 0.2) is 0 Å². The lowest BCUT2D eigenvalue weighted by Crippen LogP contribution is -2.66. The van der Waals surface area contributed by atoms with Crippen molar-refractivity contribution in [3.8, 4) is 0 Å². The number of aromatic nitrogens is 3. The molecule has 0 amide bonds. The Morgan fingerprint density at radius 2 is 2.15 bits per heavy atom.